The van der Waals surface area contributed by atoms with Crippen molar-refractivity contribution in [1.82, 2.24) is 15.3 Å². The van der Waals surface area contributed by atoms with Crippen LogP contribution in [0.5, 0.6) is 0 Å². The van der Waals surface area contributed by atoms with Gasteiger partial charge in [-0.2, -0.15) is 0 Å². The van der Waals surface area contributed by atoms with Gasteiger partial charge < -0.3 is 16.0 Å². The van der Waals surface area contributed by atoms with E-state index in [0.717, 1.165) is 30.8 Å². The maximum Gasteiger partial charge on any atom is 0.245 e. The molecule has 0 saturated carbocycles. The molecule has 3 N–H and O–H groups in total. The van der Waals surface area contributed by atoms with Crippen LogP contribution in [0.25, 0.3) is 0 Å². The quantitative estimate of drug-likeness (QED) is 0.839. The van der Waals surface area contributed by atoms with Crippen LogP contribution in [-0.4, -0.2) is 34.5 Å². The molecule has 0 aliphatic carbocycles. The summed E-state index contributed by atoms with van der Waals surface area (Å²) in [6.45, 7) is 7.24. The van der Waals surface area contributed by atoms with Gasteiger partial charge in [0.25, 0.3) is 0 Å². The van der Waals surface area contributed by atoms with Crippen LogP contribution in [0.4, 0.5) is 11.6 Å². The number of amides is 1. The number of hydrogen-bond acceptors (Lipinski definition) is 5. The molecule has 19 heavy (non-hydrogen) atoms. The van der Waals surface area contributed by atoms with Gasteiger partial charge in [-0.1, -0.05) is 13.3 Å². The van der Waals surface area contributed by atoms with Crippen molar-refractivity contribution in [2.24, 2.45) is 0 Å². The second-order valence-corrected chi connectivity index (χ2v) is 5.28. The molecule has 0 bridgehead atoms. The molecule has 0 aromatic carbocycles. The highest BCUT2D eigenvalue weighted by molar-refractivity contribution is 5.90. The summed E-state index contributed by atoms with van der Waals surface area (Å²) in [5, 5.41) is 2.88. The summed E-state index contributed by atoms with van der Waals surface area (Å²) in [7, 11) is 0. The Hall–Kier alpha value is -1.85. The molecule has 0 spiro atoms. The lowest BCUT2D eigenvalue weighted by Gasteiger charge is -2.42. The van der Waals surface area contributed by atoms with Gasteiger partial charge in [0, 0.05) is 18.7 Å². The first-order chi connectivity index (χ1) is 8.98. The van der Waals surface area contributed by atoms with Crippen molar-refractivity contribution >= 4 is 17.5 Å². The van der Waals surface area contributed by atoms with Crippen molar-refractivity contribution in [3.05, 3.63) is 11.9 Å². The minimum Gasteiger partial charge on any atom is -0.383 e. The molecule has 0 atom stereocenters. The summed E-state index contributed by atoms with van der Waals surface area (Å²) in [5.74, 6) is 1.31. The van der Waals surface area contributed by atoms with Gasteiger partial charge in [0.1, 0.15) is 23.5 Å². The topological polar surface area (TPSA) is 84.1 Å². The first kappa shape index (κ1) is 13.6. The number of nitrogens with two attached hydrogens (primary N) is 1. The van der Waals surface area contributed by atoms with Gasteiger partial charge in [0.15, 0.2) is 0 Å². The van der Waals surface area contributed by atoms with Crippen molar-refractivity contribution < 1.29 is 4.79 Å². The standard InChI is InChI=1S/C13H21N5O/c1-4-5-9-10(14)16-8-17-11(9)18-7-6-15-12(19)13(18,2)3/h8H,4-7H2,1-3H3,(H,15,19)(H2,14,16,17). The van der Waals surface area contributed by atoms with E-state index < -0.39 is 5.54 Å². The summed E-state index contributed by atoms with van der Waals surface area (Å²) in [5.41, 5.74) is 6.27. The molecule has 104 valence electrons. The summed E-state index contributed by atoms with van der Waals surface area (Å²) in [4.78, 5) is 22.5. The lowest BCUT2D eigenvalue weighted by Crippen LogP contribution is -2.62. The third-order valence-electron chi connectivity index (χ3n) is 3.56. The van der Waals surface area contributed by atoms with Crippen LogP contribution >= 0.6 is 0 Å². The zero-order valence-corrected chi connectivity index (χ0v) is 11.7. The van der Waals surface area contributed by atoms with Crippen LogP contribution in [0.1, 0.15) is 32.8 Å². The number of rotatable bonds is 3. The van der Waals surface area contributed by atoms with E-state index in [1.165, 1.54) is 6.33 Å². The summed E-state index contributed by atoms with van der Waals surface area (Å²) in [6, 6.07) is 0. The van der Waals surface area contributed by atoms with Crippen LogP contribution in [-0.2, 0) is 11.2 Å². The molecule has 0 radical (unpaired) electrons. The fraction of sp³-hybridized carbons (Fsp3) is 0.615. The predicted octanol–water partition coefficient (Wildman–Crippen LogP) is 0.726. The highest BCUT2D eigenvalue weighted by atomic mass is 16.2. The van der Waals surface area contributed by atoms with E-state index >= 15 is 0 Å². The van der Waals surface area contributed by atoms with E-state index in [2.05, 4.69) is 22.2 Å². The summed E-state index contributed by atoms with van der Waals surface area (Å²) in [6.07, 6.45) is 3.24. The average molecular weight is 263 g/mol. The molecular weight excluding hydrogens is 242 g/mol. The highest BCUT2D eigenvalue weighted by Gasteiger charge is 2.39. The highest BCUT2D eigenvalue weighted by Crippen LogP contribution is 2.30. The molecule has 6 nitrogen and oxygen atoms in total. The molecule has 6 heteroatoms. The Morgan fingerprint density at radius 1 is 1.47 bits per heavy atom. The smallest absolute Gasteiger partial charge is 0.245 e. The molecule has 1 aromatic rings. The molecule has 1 aromatic heterocycles. The number of carbonyl (C=O) groups is 1. The van der Waals surface area contributed by atoms with Crippen molar-refractivity contribution in [2.45, 2.75) is 39.2 Å². The van der Waals surface area contributed by atoms with Gasteiger partial charge in [0.2, 0.25) is 5.91 Å². The number of piperazine rings is 1. The largest absolute Gasteiger partial charge is 0.383 e. The number of nitrogens with zero attached hydrogens (tertiary/aromatic N) is 3. The lowest BCUT2D eigenvalue weighted by atomic mass is 9.97. The maximum atomic E-state index is 12.0. The van der Waals surface area contributed by atoms with Gasteiger partial charge in [-0.05, 0) is 20.3 Å². The van der Waals surface area contributed by atoms with Crippen molar-refractivity contribution in [1.29, 1.82) is 0 Å². The monoisotopic (exact) mass is 263 g/mol. The minimum atomic E-state index is -0.623. The number of nitrogens with one attached hydrogen (secondary N) is 1. The van der Waals surface area contributed by atoms with Crippen LogP contribution in [0.2, 0.25) is 0 Å². The maximum absolute atomic E-state index is 12.0. The molecule has 1 amide bonds. The van der Waals surface area contributed by atoms with E-state index in [9.17, 15) is 4.79 Å². The van der Waals surface area contributed by atoms with Crippen LogP contribution in [0.3, 0.4) is 0 Å². The second kappa shape index (κ2) is 5.03. The molecule has 2 heterocycles. The zero-order valence-electron chi connectivity index (χ0n) is 11.7. The third-order valence-corrected chi connectivity index (χ3v) is 3.56. The Balaban J connectivity index is 2.46. The van der Waals surface area contributed by atoms with E-state index in [4.69, 9.17) is 5.73 Å². The number of nitrogen functional groups attached to an aromatic ring is 1. The third kappa shape index (κ3) is 2.34. The minimum absolute atomic E-state index is 0.0124. The fourth-order valence-corrected chi connectivity index (χ4v) is 2.41. The van der Waals surface area contributed by atoms with Gasteiger partial charge in [-0.15, -0.1) is 0 Å². The SMILES string of the molecule is CCCc1c(N)ncnc1N1CCNC(=O)C1(C)C. The Morgan fingerprint density at radius 3 is 2.89 bits per heavy atom. The number of hydrogen-bond donors (Lipinski definition) is 2. The van der Waals surface area contributed by atoms with Crippen molar-refractivity contribution in [2.75, 3.05) is 23.7 Å². The molecule has 1 aliphatic heterocycles. The number of aromatic nitrogens is 2. The van der Waals surface area contributed by atoms with Gasteiger partial charge >= 0.3 is 0 Å². The van der Waals surface area contributed by atoms with Gasteiger partial charge in [0.05, 0.1) is 0 Å². The van der Waals surface area contributed by atoms with Crippen LogP contribution < -0.4 is 16.0 Å². The molecular formula is C13H21N5O. The van der Waals surface area contributed by atoms with E-state index in [0.29, 0.717) is 12.4 Å². The fourth-order valence-electron chi connectivity index (χ4n) is 2.41. The van der Waals surface area contributed by atoms with Crippen molar-refractivity contribution in [3.63, 3.8) is 0 Å². The Bertz CT molecular complexity index is 486. The number of carbonyl (C=O) groups excluding carboxylic acids is 1. The Kier molecular flexibility index (Phi) is 3.59. The molecule has 1 aliphatic rings. The van der Waals surface area contributed by atoms with E-state index in [1.807, 2.05) is 18.7 Å². The Labute approximate surface area is 113 Å². The van der Waals surface area contributed by atoms with Gasteiger partial charge in [-0.25, -0.2) is 9.97 Å². The lowest BCUT2D eigenvalue weighted by molar-refractivity contribution is -0.126. The summed E-state index contributed by atoms with van der Waals surface area (Å²) >= 11 is 0. The molecule has 0 unspecified atom stereocenters. The average Bonchev–Trinajstić information content (AvgIpc) is 2.36. The van der Waals surface area contributed by atoms with Crippen LogP contribution in [0.15, 0.2) is 6.33 Å². The predicted molar refractivity (Wildman–Crippen MR) is 74.9 cm³/mol. The Morgan fingerprint density at radius 2 is 2.21 bits per heavy atom. The van der Waals surface area contributed by atoms with E-state index in [-0.39, 0.29) is 5.91 Å². The van der Waals surface area contributed by atoms with E-state index in [1.54, 1.807) is 0 Å². The zero-order chi connectivity index (χ0) is 14.0. The van der Waals surface area contributed by atoms with Crippen molar-refractivity contribution in [3.8, 4) is 0 Å². The second-order valence-electron chi connectivity index (χ2n) is 5.28. The first-order valence-electron chi connectivity index (χ1n) is 6.63. The van der Waals surface area contributed by atoms with Crippen LogP contribution in [0, 0.1) is 0 Å². The van der Waals surface area contributed by atoms with Gasteiger partial charge in [-0.3, -0.25) is 4.79 Å². The molecule has 1 saturated heterocycles. The summed E-state index contributed by atoms with van der Waals surface area (Å²) < 4.78 is 0. The molecule has 2 rings (SSSR count). The number of anilines is 2. The first-order valence-corrected chi connectivity index (χ1v) is 6.63. The normalized spacial score (nSPS) is 18.3. The molecule has 1 fully saturated rings.